The lowest BCUT2D eigenvalue weighted by atomic mass is 10.4. The second-order valence-corrected chi connectivity index (χ2v) is 3.21. The van der Waals surface area contributed by atoms with Gasteiger partial charge in [-0.05, 0) is 18.6 Å². The fraction of sp³-hybridized carbons (Fsp3) is 0.375. The van der Waals surface area contributed by atoms with Gasteiger partial charge in [-0.15, -0.1) is 0 Å². The zero-order valence-electron chi connectivity index (χ0n) is 7.97. The van der Waals surface area contributed by atoms with Crippen molar-refractivity contribution >= 4 is 23.5 Å². The first-order valence-electron chi connectivity index (χ1n) is 4.33. The largest absolute Gasteiger partial charge is 0.375 e. The second kappa shape index (κ2) is 5.33. The highest BCUT2D eigenvalue weighted by molar-refractivity contribution is 7.80. The Hall–Kier alpha value is -1.43. The van der Waals surface area contributed by atoms with E-state index in [1.807, 2.05) is 10.9 Å². The predicted molar refractivity (Wildman–Crippen MR) is 60.0 cm³/mol. The van der Waals surface area contributed by atoms with Gasteiger partial charge in [-0.1, -0.05) is 6.92 Å². The van der Waals surface area contributed by atoms with Crippen LogP contribution in [0.5, 0.6) is 0 Å². The summed E-state index contributed by atoms with van der Waals surface area (Å²) in [6.45, 7) is 3.01. The number of nitrogens with one attached hydrogen (secondary N) is 1. The number of thiocarbonyl (C=S) groups is 1. The topological polar surface area (TPSA) is 68.2 Å². The summed E-state index contributed by atoms with van der Waals surface area (Å²) in [5.74, 6) is 0. The van der Waals surface area contributed by atoms with E-state index in [1.165, 1.54) is 0 Å². The molecule has 0 atom stereocenters. The predicted octanol–water partition coefficient (Wildman–Crippen LogP) is 0.460. The lowest BCUT2D eigenvalue weighted by Crippen LogP contribution is -2.23. The molecule has 3 N–H and O–H groups in total. The fourth-order valence-electron chi connectivity index (χ4n) is 0.968. The van der Waals surface area contributed by atoms with Crippen molar-refractivity contribution in [3.63, 3.8) is 0 Å². The Balaban J connectivity index is 2.50. The molecule has 0 amide bonds. The summed E-state index contributed by atoms with van der Waals surface area (Å²) in [5.41, 5.74) is 8.59. The van der Waals surface area contributed by atoms with Gasteiger partial charge in [0.15, 0.2) is 5.11 Å². The van der Waals surface area contributed by atoms with Crippen LogP contribution in [0.2, 0.25) is 0 Å². The van der Waals surface area contributed by atoms with Crippen LogP contribution in [-0.4, -0.2) is 21.1 Å². The summed E-state index contributed by atoms with van der Waals surface area (Å²) in [6, 6.07) is 0. The molecule has 1 aromatic heterocycles. The van der Waals surface area contributed by atoms with E-state index < -0.39 is 0 Å². The SMILES string of the molecule is CCCn1cc(/C=N/NC(N)=S)cn1. The summed E-state index contributed by atoms with van der Waals surface area (Å²) in [4.78, 5) is 0. The van der Waals surface area contributed by atoms with Crippen molar-refractivity contribution in [3.05, 3.63) is 18.0 Å². The van der Waals surface area contributed by atoms with Gasteiger partial charge in [0, 0.05) is 18.3 Å². The monoisotopic (exact) mass is 211 g/mol. The molecule has 0 saturated carbocycles. The van der Waals surface area contributed by atoms with Gasteiger partial charge in [0.1, 0.15) is 0 Å². The molecular weight excluding hydrogens is 198 g/mol. The molecule has 0 aliphatic heterocycles. The van der Waals surface area contributed by atoms with Gasteiger partial charge >= 0.3 is 0 Å². The molecule has 1 heterocycles. The average Bonchev–Trinajstić information content (AvgIpc) is 2.53. The quantitative estimate of drug-likeness (QED) is 0.431. The smallest absolute Gasteiger partial charge is 0.184 e. The average molecular weight is 211 g/mol. The minimum atomic E-state index is 0.155. The van der Waals surface area contributed by atoms with Crippen LogP contribution in [0.1, 0.15) is 18.9 Å². The molecule has 1 rings (SSSR count). The number of rotatable bonds is 4. The van der Waals surface area contributed by atoms with E-state index in [-0.39, 0.29) is 5.11 Å². The van der Waals surface area contributed by atoms with E-state index in [4.69, 9.17) is 5.73 Å². The fourth-order valence-corrected chi connectivity index (χ4v) is 1.02. The number of aromatic nitrogens is 2. The molecule has 5 nitrogen and oxygen atoms in total. The van der Waals surface area contributed by atoms with Gasteiger partial charge in [0.2, 0.25) is 0 Å². The van der Waals surface area contributed by atoms with E-state index in [2.05, 4.69) is 34.8 Å². The number of nitrogens with zero attached hydrogens (tertiary/aromatic N) is 3. The molecule has 0 aromatic carbocycles. The molecule has 0 aliphatic rings. The number of hydrogen-bond donors (Lipinski definition) is 2. The third-order valence-corrected chi connectivity index (χ3v) is 1.59. The van der Waals surface area contributed by atoms with Crippen LogP contribution in [0.15, 0.2) is 17.5 Å². The molecule has 0 spiro atoms. The maximum atomic E-state index is 5.20. The number of hydrazone groups is 1. The van der Waals surface area contributed by atoms with Crippen molar-refractivity contribution in [2.24, 2.45) is 10.8 Å². The van der Waals surface area contributed by atoms with Crippen LogP contribution in [0.4, 0.5) is 0 Å². The zero-order chi connectivity index (χ0) is 10.4. The summed E-state index contributed by atoms with van der Waals surface area (Å²) in [6.07, 6.45) is 6.33. The maximum Gasteiger partial charge on any atom is 0.184 e. The lowest BCUT2D eigenvalue weighted by molar-refractivity contribution is 0.603. The Kier molecular flexibility index (Phi) is 4.06. The van der Waals surface area contributed by atoms with Gasteiger partial charge in [-0.25, -0.2) is 0 Å². The Morgan fingerprint density at radius 2 is 2.64 bits per heavy atom. The van der Waals surface area contributed by atoms with Crippen LogP contribution < -0.4 is 11.2 Å². The van der Waals surface area contributed by atoms with Crippen molar-refractivity contribution in [1.82, 2.24) is 15.2 Å². The van der Waals surface area contributed by atoms with Crippen LogP contribution in [0, 0.1) is 0 Å². The highest BCUT2D eigenvalue weighted by Crippen LogP contribution is 1.94. The molecule has 76 valence electrons. The van der Waals surface area contributed by atoms with Crippen LogP contribution in [0.25, 0.3) is 0 Å². The van der Waals surface area contributed by atoms with Gasteiger partial charge in [-0.2, -0.15) is 10.2 Å². The molecule has 0 unspecified atom stereocenters. The Labute approximate surface area is 88.0 Å². The first kappa shape index (κ1) is 10.6. The van der Waals surface area contributed by atoms with Crippen molar-refractivity contribution in [1.29, 1.82) is 0 Å². The standard InChI is InChI=1S/C8H13N5S/c1-2-3-13-6-7(5-11-13)4-10-12-8(9)14/h4-6H,2-3H2,1H3,(H3,9,12,14)/b10-4+. The zero-order valence-corrected chi connectivity index (χ0v) is 8.79. The molecule has 6 heteroatoms. The lowest BCUT2D eigenvalue weighted by Gasteiger charge is -1.94. The van der Waals surface area contributed by atoms with Crippen LogP contribution in [0.3, 0.4) is 0 Å². The third-order valence-electron chi connectivity index (χ3n) is 1.49. The minimum absolute atomic E-state index is 0.155. The van der Waals surface area contributed by atoms with Gasteiger partial charge in [0.25, 0.3) is 0 Å². The summed E-state index contributed by atoms with van der Waals surface area (Å²) < 4.78 is 1.86. The van der Waals surface area contributed by atoms with E-state index in [0.29, 0.717) is 0 Å². The first-order chi connectivity index (χ1) is 6.72. The van der Waals surface area contributed by atoms with Crippen molar-refractivity contribution in [2.75, 3.05) is 0 Å². The molecule has 0 fully saturated rings. The number of nitrogens with two attached hydrogens (primary N) is 1. The van der Waals surface area contributed by atoms with Crippen molar-refractivity contribution in [3.8, 4) is 0 Å². The minimum Gasteiger partial charge on any atom is -0.375 e. The van der Waals surface area contributed by atoms with Gasteiger partial charge in [0.05, 0.1) is 12.4 Å². The molecular formula is C8H13N5S. The van der Waals surface area contributed by atoms with Gasteiger partial charge < -0.3 is 5.73 Å². The second-order valence-electron chi connectivity index (χ2n) is 2.77. The van der Waals surface area contributed by atoms with E-state index >= 15 is 0 Å². The van der Waals surface area contributed by atoms with Crippen molar-refractivity contribution in [2.45, 2.75) is 19.9 Å². The molecule has 0 bridgehead atoms. The van der Waals surface area contributed by atoms with Gasteiger partial charge in [-0.3, -0.25) is 10.1 Å². The molecule has 0 radical (unpaired) electrons. The van der Waals surface area contributed by atoms with E-state index in [1.54, 1.807) is 12.4 Å². The van der Waals surface area contributed by atoms with E-state index in [0.717, 1.165) is 18.5 Å². The molecule has 1 aromatic rings. The highest BCUT2D eigenvalue weighted by Gasteiger charge is 1.93. The summed E-state index contributed by atoms with van der Waals surface area (Å²) >= 11 is 4.59. The normalized spacial score (nSPS) is 10.6. The van der Waals surface area contributed by atoms with Crippen LogP contribution >= 0.6 is 12.2 Å². The van der Waals surface area contributed by atoms with Crippen LogP contribution in [-0.2, 0) is 6.54 Å². The summed E-state index contributed by atoms with van der Waals surface area (Å²) in [5, 5.41) is 8.11. The van der Waals surface area contributed by atoms with E-state index in [9.17, 15) is 0 Å². The number of aryl methyl sites for hydroxylation is 1. The molecule has 0 saturated heterocycles. The molecule has 14 heavy (non-hydrogen) atoms. The number of hydrogen-bond acceptors (Lipinski definition) is 3. The molecule has 0 aliphatic carbocycles. The Morgan fingerprint density at radius 1 is 1.86 bits per heavy atom. The third kappa shape index (κ3) is 3.53. The highest BCUT2D eigenvalue weighted by atomic mass is 32.1. The maximum absolute atomic E-state index is 5.20. The summed E-state index contributed by atoms with van der Waals surface area (Å²) in [7, 11) is 0. The first-order valence-corrected chi connectivity index (χ1v) is 4.74. The Bertz CT molecular complexity index is 330. The van der Waals surface area contributed by atoms with Crippen molar-refractivity contribution < 1.29 is 0 Å². The Morgan fingerprint density at radius 3 is 3.29 bits per heavy atom.